The topological polar surface area (TPSA) is 368 Å². The van der Waals surface area contributed by atoms with E-state index in [1.807, 2.05) is 0 Å². The summed E-state index contributed by atoms with van der Waals surface area (Å²) in [6, 6.07) is 14.0. The van der Waals surface area contributed by atoms with E-state index in [4.69, 9.17) is 5.73 Å². The van der Waals surface area contributed by atoms with Gasteiger partial charge in [-0.3, -0.25) is 43.2 Å². The molecule has 2 aliphatic heterocycles. The number of nitrogens with zero attached hydrogens (tertiary/aromatic N) is 2. The van der Waals surface area contributed by atoms with E-state index in [2.05, 4.69) is 37.2 Å². The van der Waals surface area contributed by atoms with Gasteiger partial charge in [0.25, 0.3) is 0 Å². The Morgan fingerprint density at radius 2 is 1.00 bits per heavy atom. The first kappa shape index (κ1) is 63.0. The maximum atomic E-state index is 14.4. The number of aliphatic carboxylic acids is 1. The van der Waals surface area contributed by atoms with E-state index < -0.39 is 145 Å². The highest BCUT2D eigenvalue weighted by molar-refractivity contribution is 5.98. The van der Waals surface area contributed by atoms with Crippen LogP contribution >= 0.6 is 0 Å². The number of nitrogens with two attached hydrogens (primary N) is 1. The van der Waals surface area contributed by atoms with Gasteiger partial charge in [0.05, 0.1) is 25.4 Å². The van der Waals surface area contributed by atoms with Crippen molar-refractivity contribution in [3.05, 3.63) is 108 Å². The molecule has 0 radical (unpaired) electrons. The average molecular weight is 1110 g/mol. The van der Waals surface area contributed by atoms with Gasteiger partial charge in [-0.05, 0) is 62.1 Å². The number of carboxylic acids is 1. The molecule has 0 aromatic heterocycles. The van der Waals surface area contributed by atoms with Crippen molar-refractivity contribution in [1.82, 2.24) is 47.0 Å². The van der Waals surface area contributed by atoms with Gasteiger partial charge in [0, 0.05) is 32.4 Å². The van der Waals surface area contributed by atoms with Gasteiger partial charge in [0.2, 0.25) is 53.2 Å². The van der Waals surface area contributed by atoms with Crippen LogP contribution in [0.1, 0.15) is 76.5 Å². The van der Waals surface area contributed by atoms with Crippen LogP contribution in [0.25, 0.3) is 0 Å². The molecule has 2 fully saturated rings. The van der Waals surface area contributed by atoms with Crippen molar-refractivity contribution in [1.29, 1.82) is 0 Å². The molecule has 0 spiro atoms. The van der Waals surface area contributed by atoms with Crippen molar-refractivity contribution >= 4 is 59.1 Å². The van der Waals surface area contributed by atoms with Crippen LogP contribution in [-0.2, 0) is 67.2 Å². The zero-order valence-corrected chi connectivity index (χ0v) is 45.4. The van der Waals surface area contributed by atoms with E-state index in [9.17, 15) is 68.4 Å². The normalized spacial score (nSPS) is 18.8. The fraction of sp³-hybridized carbons (Fsp3) is 0.500. The van der Waals surface area contributed by atoms with Crippen molar-refractivity contribution in [3.8, 4) is 0 Å². The van der Waals surface area contributed by atoms with Crippen LogP contribution in [0.2, 0.25) is 0 Å². The second-order valence-electron chi connectivity index (χ2n) is 20.4. The highest BCUT2D eigenvalue weighted by Gasteiger charge is 2.43. The van der Waals surface area contributed by atoms with Crippen molar-refractivity contribution in [2.75, 3.05) is 26.2 Å². The number of aliphatic hydroxyl groups is 3. The molecule has 3 aromatic carbocycles. The number of carbonyl (C=O) groups is 10. The summed E-state index contributed by atoms with van der Waals surface area (Å²) >= 11 is 0. The predicted molar refractivity (Wildman–Crippen MR) is 290 cm³/mol. The quantitative estimate of drug-likeness (QED) is 0.0372. The molecule has 12 atom stereocenters. The van der Waals surface area contributed by atoms with Crippen LogP contribution in [0.3, 0.4) is 0 Å². The fourth-order valence-electron chi connectivity index (χ4n) is 9.48. The molecule has 9 amide bonds. The zero-order valence-electron chi connectivity index (χ0n) is 45.4. The largest absolute Gasteiger partial charge is 0.480 e. The smallest absolute Gasteiger partial charge is 0.326 e. The van der Waals surface area contributed by atoms with Gasteiger partial charge in [-0.25, -0.2) is 4.79 Å². The van der Waals surface area contributed by atoms with E-state index in [1.165, 1.54) is 23.6 Å². The Morgan fingerprint density at radius 1 is 0.550 bits per heavy atom. The lowest BCUT2D eigenvalue weighted by Crippen LogP contribution is -2.61. The van der Waals surface area contributed by atoms with Crippen molar-refractivity contribution in [2.45, 2.75) is 146 Å². The molecule has 0 bridgehead atoms. The van der Waals surface area contributed by atoms with E-state index in [1.54, 1.807) is 105 Å². The lowest BCUT2D eigenvalue weighted by atomic mass is 9.97. The molecule has 3 aromatic rings. The Balaban J connectivity index is 1.22. The number of carbonyl (C=O) groups excluding carboxylic acids is 9. The van der Waals surface area contributed by atoms with Gasteiger partial charge in [-0.15, -0.1) is 0 Å². The second-order valence-corrected chi connectivity index (χ2v) is 20.4. The third-order valence-electron chi connectivity index (χ3n) is 14.3. The van der Waals surface area contributed by atoms with Crippen LogP contribution in [-0.4, -0.2) is 182 Å². The van der Waals surface area contributed by atoms with Crippen molar-refractivity contribution in [2.24, 2.45) is 11.7 Å². The Bertz CT molecular complexity index is 2610. The molecule has 5 rings (SSSR count). The molecule has 24 nitrogen and oxygen atoms in total. The number of amides is 9. The van der Waals surface area contributed by atoms with Gasteiger partial charge >= 0.3 is 5.97 Å². The molecule has 0 saturated carbocycles. The fourth-order valence-corrected chi connectivity index (χ4v) is 9.48. The van der Waals surface area contributed by atoms with Crippen molar-refractivity contribution < 1.29 is 68.4 Å². The second kappa shape index (κ2) is 30.5. The first-order valence-corrected chi connectivity index (χ1v) is 26.9. The Kier molecular flexibility index (Phi) is 24.1. The molecule has 2 aliphatic rings. The Hall–Kier alpha value is -7.80. The zero-order chi connectivity index (χ0) is 58.6. The highest BCUT2D eigenvalue weighted by Crippen LogP contribution is 2.23. The molecular formula is C56H76N10O14. The van der Waals surface area contributed by atoms with Gasteiger partial charge in [-0.1, -0.05) is 111 Å². The summed E-state index contributed by atoms with van der Waals surface area (Å²) < 4.78 is 0. The monoisotopic (exact) mass is 1110 g/mol. The first-order valence-electron chi connectivity index (χ1n) is 26.9. The molecular weight excluding hydrogens is 1040 g/mol. The van der Waals surface area contributed by atoms with Crippen LogP contribution in [0.4, 0.5) is 0 Å². The highest BCUT2D eigenvalue weighted by atomic mass is 16.4. The summed E-state index contributed by atoms with van der Waals surface area (Å²) in [5.74, 6) is -9.05. The Morgan fingerprint density at radius 3 is 1.46 bits per heavy atom. The predicted octanol–water partition coefficient (Wildman–Crippen LogP) is -2.07. The first-order chi connectivity index (χ1) is 38.1. The van der Waals surface area contributed by atoms with E-state index in [0.29, 0.717) is 36.0 Å². The molecule has 13 N–H and O–H groups in total. The summed E-state index contributed by atoms with van der Waals surface area (Å²) in [4.78, 5) is 139. The summed E-state index contributed by atoms with van der Waals surface area (Å²) in [5.41, 5.74) is 7.74. The molecule has 434 valence electrons. The lowest BCUT2D eigenvalue weighted by Gasteiger charge is -2.32. The molecule has 24 heteroatoms. The van der Waals surface area contributed by atoms with E-state index in [0.717, 1.165) is 0 Å². The minimum atomic E-state index is -1.63. The van der Waals surface area contributed by atoms with Gasteiger partial charge in [0.1, 0.15) is 54.4 Å². The minimum Gasteiger partial charge on any atom is -0.480 e. The van der Waals surface area contributed by atoms with Gasteiger partial charge < -0.3 is 73.2 Å². The number of hydrogen-bond donors (Lipinski definition) is 12. The van der Waals surface area contributed by atoms with Crippen molar-refractivity contribution in [3.63, 3.8) is 0 Å². The number of hydrogen-bond acceptors (Lipinski definition) is 14. The summed E-state index contributed by atoms with van der Waals surface area (Å²) in [7, 11) is 0. The molecule has 0 aliphatic carbocycles. The van der Waals surface area contributed by atoms with E-state index in [-0.39, 0.29) is 45.2 Å². The maximum absolute atomic E-state index is 14.4. The number of nitrogens with one attached hydrogen (secondary N) is 7. The molecule has 80 heavy (non-hydrogen) atoms. The van der Waals surface area contributed by atoms with Gasteiger partial charge in [0.15, 0.2) is 0 Å². The number of benzene rings is 3. The third kappa shape index (κ3) is 17.9. The number of likely N-dealkylation sites (tertiary alicyclic amines) is 2. The van der Waals surface area contributed by atoms with Crippen LogP contribution in [0, 0.1) is 5.92 Å². The number of rotatable bonds is 28. The average Bonchev–Trinajstić information content (AvgIpc) is 4.16. The van der Waals surface area contributed by atoms with Crippen LogP contribution < -0.4 is 43.0 Å². The molecule has 2 heterocycles. The third-order valence-corrected chi connectivity index (χ3v) is 14.3. The summed E-state index contributed by atoms with van der Waals surface area (Å²) in [5, 5.41) is 58.6. The SMILES string of the molecule is CC[C@H](C)[C@H](NC(=O)CNC(=O)[C@@H](NC(=O)[C@H](Cc1ccccc1)NC(=O)[C@@H](N)[C@@H](C)O)[C@@H](C)O)C(=O)N1CCC[C@H]1C(=O)N[C@@H](CO)C(=O)N[C@@H](Cc1ccccc1)C(=O)N1CCC[C@H]1C(=O)N[C@@H](Cc1ccccc1)C(=O)O. The lowest BCUT2D eigenvalue weighted by molar-refractivity contribution is -0.145. The number of aliphatic hydroxyl groups excluding tert-OH is 3. The van der Waals surface area contributed by atoms with Crippen LogP contribution in [0.5, 0.6) is 0 Å². The standard InChI is InChI=1S/C56H76N10O14/c1-5-32(2)46(63-44(70)30-58-53(76)47(34(4)69)64-48(71)38(27-35-17-9-6-10-18-35)59-52(75)45(57)33(3)68)55(78)66-26-16-24-43(66)51(74)62-41(31-67)49(72)60-39(28-36-19-11-7-12-20-36)54(77)65-25-15-23-42(65)50(73)61-40(56(79)80)29-37-21-13-8-14-22-37/h6-14,17-22,32-34,38-43,45-47,67-69H,5,15-16,23-31,57H2,1-4H3,(H,58,76)(H,59,75)(H,60,72)(H,61,73)(H,62,74)(H,63,70)(H,64,71)(H,79,80)/t32-,33+,34+,38-,39-,40-,41-,42-,43-,45-,46-,47-/m0/s1. The summed E-state index contributed by atoms with van der Waals surface area (Å²) in [6.07, 6.45) is -1.36. The minimum absolute atomic E-state index is 0.00210. The maximum Gasteiger partial charge on any atom is 0.326 e. The molecule has 0 unspecified atom stereocenters. The Labute approximate surface area is 464 Å². The number of carboxylic acid groups (broad SMARTS) is 1. The van der Waals surface area contributed by atoms with Gasteiger partial charge in [-0.2, -0.15) is 0 Å². The summed E-state index contributed by atoms with van der Waals surface area (Å²) in [6.45, 7) is 4.56. The van der Waals surface area contributed by atoms with E-state index >= 15 is 0 Å². The molecule has 2 saturated heterocycles. The van der Waals surface area contributed by atoms with Crippen LogP contribution in [0.15, 0.2) is 91.0 Å².